The number of nitrogens with zero attached hydrogens (tertiary/aromatic N) is 3. The summed E-state index contributed by atoms with van der Waals surface area (Å²) in [5.41, 5.74) is 2.20. The molecule has 4 rings (SSSR count). The van der Waals surface area contributed by atoms with Crippen LogP contribution in [0.3, 0.4) is 0 Å². The van der Waals surface area contributed by atoms with Gasteiger partial charge in [0, 0.05) is 37.6 Å². The number of aromatic nitrogens is 2. The van der Waals surface area contributed by atoms with E-state index in [0.29, 0.717) is 24.0 Å². The number of aryl methyl sites for hydroxylation is 1. The Morgan fingerprint density at radius 3 is 2.96 bits per heavy atom. The molecule has 3 aromatic rings. The third-order valence-electron chi connectivity index (χ3n) is 4.45. The number of rotatable bonds is 4. The van der Waals surface area contributed by atoms with E-state index in [1.165, 1.54) is 5.56 Å². The number of furan rings is 1. The summed E-state index contributed by atoms with van der Waals surface area (Å²) in [5.74, 6) is 2.07. The van der Waals surface area contributed by atoms with Crippen molar-refractivity contribution < 1.29 is 9.21 Å². The van der Waals surface area contributed by atoms with Crippen molar-refractivity contribution >= 4 is 23.4 Å². The molecule has 0 unspecified atom stereocenters. The van der Waals surface area contributed by atoms with Gasteiger partial charge in [0.15, 0.2) is 10.9 Å². The van der Waals surface area contributed by atoms with Gasteiger partial charge < -0.3 is 13.9 Å². The van der Waals surface area contributed by atoms with Crippen molar-refractivity contribution in [2.75, 3.05) is 11.4 Å². The average Bonchev–Trinajstić information content (AvgIpc) is 3.33. The summed E-state index contributed by atoms with van der Waals surface area (Å²) in [6.07, 6.45) is 3.68. The summed E-state index contributed by atoms with van der Waals surface area (Å²) in [5, 5.41) is 0.923. The van der Waals surface area contributed by atoms with Crippen LogP contribution in [-0.4, -0.2) is 22.0 Å². The Morgan fingerprint density at radius 1 is 1.32 bits per heavy atom. The highest BCUT2D eigenvalue weighted by Gasteiger charge is 2.31. The summed E-state index contributed by atoms with van der Waals surface area (Å²) in [7, 11) is 1.96. The van der Waals surface area contributed by atoms with Gasteiger partial charge in [0.25, 0.3) is 5.91 Å². The first-order chi connectivity index (χ1) is 12.1. The molecule has 1 atom stereocenters. The van der Waals surface area contributed by atoms with E-state index < -0.39 is 0 Å². The number of hydrogen-bond donors (Lipinski definition) is 0. The maximum absolute atomic E-state index is 12.9. The fourth-order valence-electron chi connectivity index (χ4n) is 3.14. The molecule has 128 valence electrons. The van der Waals surface area contributed by atoms with E-state index in [-0.39, 0.29) is 5.91 Å². The molecule has 1 aliphatic rings. The molecule has 0 N–H and O–H groups in total. The van der Waals surface area contributed by atoms with Gasteiger partial charge in [-0.05, 0) is 23.8 Å². The summed E-state index contributed by atoms with van der Waals surface area (Å²) in [6, 6.07) is 11.7. The number of fused-ring (bicyclic) bond motifs is 1. The van der Waals surface area contributed by atoms with E-state index in [4.69, 9.17) is 4.42 Å². The van der Waals surface area contributed by atoms with Crippen LogP contribution in [-0.2, 0) is 12.8 Å². The van der Waals surface area contributed by atoms with Crippen LogP contribution in [0.4, 0.5) is 5.69 Å². The first-order valence-corrected chi connectivity index (χ1v) is 9.21. The molecule has 1 aliphatic heterocycles. The standard InChI is InChI=1S/C19H19N3O2S/c1-13-11-22(16-6-4-3-5-15(13)16)18(23)17-8-7-14(24-17)12-25-19-20-9-10-21(19)2/h3-10,13H,11-12H2,1-2H3/t13-/m0/s1. The Balaban J connectivity index is 1.49. The lowest BCUT2D eigenvalue weighted by atomic mass is 10.0. The quantitative estimate of drug-likeness (QED) is 0.664. The third-order valence-corrected chi connectivity index (χ3v) is 5.53. The maximum Gasteiger partial charge on any atom is 0.293 e. The van der Waals surface area contributed by atoms with Crippen LogP contribution < -0.4 is 4.90 Å². The molecule has 0 aliphatic carbocycles. The van der Waals surface area contributed by atoms with Gasteiger partial charge >= 0.3 is 0 Å². The predicted octanol–water partition coefficient (Wildman–Crippen LogP) is 4.07. The van der Waals surface area contributed by atoms with Crippen molar-refractivity contribution in [1.82, 2.24) is 9.55 Å². The lowest BCUT2D eigenvalue weighted by Gasteiger charge is -2.15. The van der Waals surface area contributed by atoms with E-state index in [1.807, 2.05) is 47.0 Å². The van der Waals surface area contributed by atoms with Gasteiger partial charge in [0.05, 0.1) is 5.75 Å². The van der Waals surface area contributed by atoms with Gasteiger partial charge in [-0.2, -0.15) is 0 Å². The molecule has 1 aromatic carbocycles. The first-order valence-electron chi connectivity index (χ1n) is 8.23. The molecule has 0 saturated carbocycles. The molecule has 0 fully saturated rings. The molecule has 0 bridgehead atoms. The minimum absolute atomic E-state index is 0.0787. The van der Waals surface area contributed by atoms with E-state index in [9.17, 15) is 4.79 Å². The van der Waals surface area contributed by atoms with Crippen molar-refractivity contribution in [1.29, 1.82) is 0 Å². The van der Waals surface area contributed by atoms with Crippen LogP contribution >= 0.6 is 11.8 Å². The minimum Gasteiger partial charge on any atom is -0.455 e. The fourth-order valence-corrected chi connectivity index (χ4v) is 3.97. The van der Waals surface area contributed by atoms with Crippen LogP contribution in [0.2, 0.25) is 0 Å². The highest BCUT2D eigenvalue weighted by molar-refractivity contribution is 7.98. The molecule has 25 heavy (non-hydrogen) atoms. The normalized spacial score (nSPS) is 16.2. The van der Waals surface area contributed by atoms with Gasteiger partial charge in [-0.15, -0.1) is 0 Å². The van der Waals surface area contributed by atoms with Gasteiger partial charge in [-0.1, -0.05) is 36.9 Å². The summed E-state index contributed by atoms with van der Waals surface area (Å²) < 4.78 is 7.76. The van der Waals surface area contributed by atoms with E-state index >= 15 is 0 Å². The topological polar surface area (TPSA) is 51.3 Å². The second kappa shape index (κ2) is 6.44. The number of carbonyl (C=O) groups excluding carboxylic acids is 1. The minimum atomic E-state index is -0.0787. The zero-order valence-corrected chi connectivity index (χ0v) is 15.0. The van der Waals surface area contributed by atoms with Crippen molar-refractivity contribution in [2.24, 2.45) is 7.05 Å². The molecular formula is C19H19N3O2S. The van der Waals surface area contributed by atoms with Crippen molar-refractivity contribution in [3.05, 3.63) is 65.9 Å². The second-order valence-electron chi connectivity index (χ2n) is 6.25. The molecule has 3 heterocycles. The lowest BCUT2D eigenvalue weighted by Crippen LogP contribution is -2.29. The molecular weight excluding hydrogens is 334 g/mol. The Kier molecular flexibility index (Phi) is 4.13. The average molecular weight is 353 g/mol. The SMILES string of the molecule is C[C@H]1CN(C(=O)c2ccc(CSc3nccn3C)o2)c2ccccc21. The Hall–Kier alpha value is -2.47. The lowest BCUT2D eigenvalue weighted by molar-refractivity contribution is 0.0960. The van der Waals surface area contributed by atoms with Crippen LogP contribution in [0.15, 0.2) is 58.4 Å². The molecule has 5 nitrogen and oxygen atoms in total. The smallest absolute Gasteiger partial charge is 0.293 e. The zero-order valence-electron chi connectivity index (χ0n) is 14.2. The van der Waals surface area contributed by atoms with Crippen molar-refractivity contribution in [3.8, 4) is 0 Å². The molecule has 0 radical (unpaired) electrons. The van der Waals surface area contributed by atoms with Crippen LogP contribution in [0.1, 0.15) is 34.7 Å². The molecule has 0 spiro atoms. The predicted molar refractivity (Wildman–Crippen MR) is 98.0 cm³/mol. The molecule has 6 heteroatoms. The molecule has 1 amide bonds. The van der Waals surface area contributed by atoms with Crippen molar-refractivity contribution in [3.63, 3.8) is 0 Å². The number of anilines is 1. The highest BCUT2D eigenvalue weighted by Crippen LogP contribution is 2.36. The highest BCUT2D eigenvalue weighted by atomic mass is 32.2. The van der Waals surface area contributed by atoms with Crippen LogP contribution in [0.25, 0.3) is 0 Å². The number of carbonyl (C=O) groups is 1. The zero-order chi connectivity index (χ0) is 17.4. The summed E-state index contributed by atoms with van der Waals surface area (Å²) >= 11 is 1.59. The van der Waals surface area contributed by atoms with Crippen molar-refractivity contribution in [2.45, 2.75) is 23.8 Å². The number of benzene rings is 1. The first kappa shape index (κ1) is 16.0. The van der Waals surface area contributed by atoms with Crippen LogP contribution in [0, 0.1) is 0 Å². The molecule has 2 aromatic heterocycles. The number of amides is 1. The monoisotopic (exact) mass is 353 g/mol. The van der Waals surface area contributed by atoms with Gasteiger partial charge in [0.1, 0.15) is 5.76 Å². The third kappa shape index (κ3) is 2.98. The maximum atomic E-state index is 12.9. The van der Waals surface area contributed by atoms with E-state index in [1.54, 1.807) is 24.0 Å². The van der Waals surface area contributed by atoms with Gasteiger partial charge in [0.2, 0.25) is 0 Å². The number of imidazole rings is 1. The fraction of sp³-hybridized carbons (Fsp3) is 0.263. The largest absolute Gasteiger partial charge is 0.455 e. The summed E-state index contributed by atoms with van der Waals surface area (Å²) in [4.78, 5) is 19.0. The Bertz CT molecular complexity index is 915. The Morgan fingerprint density at radius 2 is 2.16 bits per heavy atom. The number of thioether (sulfide) groups is 1. The van der Waals surface area contributed by atoms with Gasteiger partial charge in [-0.3, -0.25) is 4.79 Å². The number of para-hydroxylation sites is 1. The summed E-state index contributed by atoms with van der Waals surface area (Å²) in [6.45, 7) is 2.83. The number of hydrogen-bond acceptors (Lipinski definition) is 4. The van der Waals surface area contributed by atoms with E-state index in [0.717, 1.165) is 16.6 Å². The van der Waals surface area contributed by atoms with E-state index in [2.05, 4.69) is 18.0 Å². The second-order valence-corrected chi connectivity index (χ2v) is 7.19. The molecule has 0 saturated heterocycles. The van der Waals surface area contributed by atoms with Gasteiger partial charge in [-0.25, -0.2) is 4.98 Å². The van der Waals surface area contributed by atoms with Crippen LogP contribution in [0.5, 0.6) is 0 Å². The Labute approximate surface area is 150 Å².